The maximum Gasteiger partial charge on any atom is 0.337 e. The number of nitro groups is 1. The van der Waals surface area contributed by atoms with Crippen LogP contribution in [0.3, 0.4) is 0 Å². The lowest BCUT2D eigenvalue weighted by Gasteiger charge is -2.26. The first-order valence-electron chi connectivity index (χ1n) is 13.2. The summed E-state index contributed by atoms with van der Waals surface area (Å²) in [6, 6.07) is 30.4. The number of carbonyl (C=O) groups is 1. The summed E-state index contributed by atoms with van der Waals surface area (Å²) in [5, 5.41) is 14.9. The van der Waals surface area contributed by atoms with Gasteiger partial charge in [-0.2, -0.15) is 0 Å². The summed E-state index contributed by atoms with van der Waals surface area (Å²) in [4.78, 5) is 31.1. The van der Waals surface area contributed by atoms with Crippen LogP contribution < -0.4 is 10.2 Å². The molecule has 214 valence electrons. The minimum atomic E-state index is -0.421. The van der Waals surface area contributed by atoms with Gasteiger partial charge in [-0.3, -0.25) is 15.1 Å². The Hall–Kier alpha value is -5.00. The van der Waals surface area contributed by atoms with Gasteiger partial charge in [0.1, 0.15) is 17.6 Å². The van der Waals surface area contributed by atoms with Gasteiger partial charge in [0, 0.05) is 39.4 Å². The van der Waals surface area contributed by atoms with E-state index < -0.39 is 10.9 Å². The van der Waals surface area contributed by atoms with E-state index in [-0.39, 0.29) is 17.8 Å². The molecule has 3 aromatic carbocycles. The quantitative estimate of drug-likeness (QED) is 0.0830. The van der Waals surface area contributed by atoms with Gasteiger partial charge < -0.3 is 19.4 Å². The van der Waals surface area contributed by atoms with E-state index in [0.29, 0.717) is 22.2 Å². The van der Waals surface area contributed by atoms with Crippen LogP contribution in [0.15, 0.2) is 124 Å². The van der Waals surface area contributed by atoms with Gasteiger partial charge in [-0.1, -0.05) is 30.0 Å². The molecule has 3 heterocycles. The Morgan fingerprint density at radius 1 is 1.00 bits per heavy atom. The lowest BCUT2D eigenvalue weighted by molar-refractivity contribution is -0.384. The van der Waals surface area contributed by atoms with Gasteiger partial charge in [-0.15, -0.1) is 0 Å². The van der Waals surface area contributed by atoms with Crippen molar-refractivity contribution in [3.05, 3.63) is 136 Å². The lowest BCUT2D eigenvalue weighted by Crippen LogP contribution is -2.29. The molecule has 1 aliphatic heterocycles. The minimum Gasteiger partial charge on any atom is -0.465 e. The molecule has 1 aliphatic rings. The third-order valence-corrected chi connectivity index (χ3v) is 8.31. The molecule has 11 heteroatoms. The number of carbonyl (C=O) groups excluding carboxylic acids is 1. The number of ether oxygens (including phenoxy) is 1. The number of nitrogens with one attached hydrogen (secondary N) is 1. The number of non-ortho nitro benzene ring substituents is 1. The number of anilines is 1. The van der Waals surface area contributed by atoms with E-state index in [2.05, 4.69) is 10.3 Å². The number of hydrogen-bond acceptors (Lipinski definition) is 8. The number of esters is 1. The van der Waals surface area contributed by atoms with Gasteiger partial charge in [0.05, 0.1) is 29.3 Å². The van der Waals surface area contributed by atoms with E-state index in [1.807, 2.05) is 65.6 Å². The van der Waals surface area contributed by atoms with Crippen LogP contribution in [0.25, 0.3) is 11.3 Å². The standard InChI is InChI=1S/C32H24N4O5S2/c1-40-31(37)21-6-4-5-20(19-21)27-16-17-28(41-27)30-29(26-7-2-3-18-33-26)34-32(42)35(30)22-8-12-24(13-9-22)43-25-14-10-23(11-15-25)36(38)39/h2-19,29-30H,1H3,(H,34,42)/t29-,30-/m1/s1. The highest BCUT2D eigenvalue weighted by Gasteiger charge is 2.42. The topological polar surface area (TPSA) is 111 Å². The molecule has 0 radical (unpaired) electrons. The molecule has 5 aromatic rings. The number of hydrogen-bond donors (Lipinski definition) is 1. The molecule has 0 spiro atoms. The fourth-order valence-corrected chi connectivity index (χ4v) is 6.12. The average molecular weight is 609 g/mol. The second-order valence-corrected chi connectivity index (χ2v) is 11.2. The molecule has 2 aromatic heterocycles. The van der Waals surface area contributed by atoms with Gasteiger partial charge in [0.2, 0.25) is 0 Å². The summed E-state index contributed by atoms with van der Waals surface area (Å²) in [5.41, 5.74) is 2.91. The molecule has 1 saturated heterocycles. The Balaban J connectivity index is 1.32. The Kier molecular flexibility index (Phi) is 7.91. The highest BCUT2D eigenvalue weighted by Crippen LogP contribution is 2.43. The van der Waals surface area contributed by atoms with E-state index in [9.17, 15) is 14.9 Å². The fraction of sp³-hybridized carbons (Fsp3) is 0.0938. The van der Waals surface area contributed by atoms with Crippen LogP contribution in [-0.4, -0.2) is 28.1 Å². The number of methoxy groups -OCH3 is 1. The molecular formula is C32H24N4O5S2. The Bertz CT molecular complexity index is 1790. The lowest BCUT2D eigenvalue weighted by atomic mass is 10.0. The fourth-order valence-electron chi connectivity index (χ4n) is 4.95. The third-order valence-electron chi connectivity index (χ3n) is 6.98. The maximum atomic E-state index is 12.1. The predicted octanol–water partition coefficient (Wildman–Crippen LogP) is 7.36. The van der Waals surface area contributed by atoms with Gasteiger partial charge >= 0.3 is 5.97 Å². The van der Waals surface area contributed by atoms with Gasteiger partial charge in [-0.05, 0) is 85.0 Å². The van der Waals surface area contributed by atoms with Crippen LogP contribution >= 0.6 is 24.0 Å². The van der Waals surface area contributed by atoms with Crippen molar-refractivity contribution in [1.29, 1.82) is 0 Å². The molecule has 0 saturated carbocycles. The number of rotatable bonds is 8. The first-order valence-corrected chi connectivity index (χ1v) is 14.5. The first kappa shape index (κ1) is 28.1. The second-order valence-electron chi connectivity index (χ2n) is 9.62. The molecule has 1 fully saturated rings. The van der Waals surface area contributed by atoms with Crippen LogP contribution in [0.4, 0.5) is 11.4 Å². The molecule has 0 bridgehead atoms. The van der Waals surface area contributed by atoms with Crippen LogP contribution in [0.1, 0.15) is 33.9 Å². The van der Waals surface area contributed by atoms with Gasteiger partial charge in [0.15, 0.2) is 5.11 Å². The number of nitrogens with zero attached hydrogens (tertiary/aromatic N) is 3. The molecule has 1 N–H and O–H groups in total. The van der Waals surface area contributed by atoms with Gasteiger partial charge in [-0.25, -0.2) is 4.79 Å². The first-order chi connectivity index (χ1) is 20.9. The van der Waals surface area contributed by atoms with E-state index in [1.165, 1.54) is 31.0 Å². The van der Waals surface area contributed by atoms with Crippen molar-refractivity contribution in [2.24, 2.45) is 0 Å². The zero-order valence-corrected chi connectivity index (χ0v) is 24.4. The molecule has 6 rings (SSSR count). The summed E-state index contributed by atoms with van der Waals surface area (Å²) in [6.45, 7) is 0. The Morgan fingerprint density at radius 2 is 1.74 bits per heavy atom. The predicted molar refractivity (Wildman–Crippen MR) is 167 cm³/mol. The molecule has 2 atom stereocenters. The Labute approximate surface area is 256 Å². The summed E-state index contributed by atoms with van der Waals surface area (Å²) in [6.07, 6.45) is 1.75. The molecular weight excluding hydrogens is 585 g/mol. The number of nitro benzene ring substituents is 1. The molecule has 0 amide bonds. The second kappa shape index (κ2) is 12.1. The largest absolute Gasteiger partial charge is 0.465 e. The molecule has 0 unspecified atom stereocenters. The number of benzene rings is 3. The van der Waals surface area contributed by atoms with Crippen LogP contribution in [0.5, 0.6) is 0 Å². The molecule has 43 heavy (non-hydrogen) atoms. The third kappa shape index (κ3) is 5.85. The van der Waals surface area contributed by atoms with Gasteiger partial charge in [0.25, 0.3) is 5.69 Å². The van der Waals surface area contributed by atoms with Crippen molar-refractivity contribution in [1.82, 2.24) is 10.3 Å². The van der Waals surface area contributed by atoms with Crippen molar-refractivity contribution in [2.45, 2.75) is 21.9 Å². The molecule has 9 nitrogen and oxygen atoms in total. The maximum absolute atomic E-state index is 12.1. The van der Waals surface area contributed by atoms with Crippen molar-refractivity contribution in [2.75, 3.05) is 12.0 Å². The summed E-state index contributed by atoms with van der Waals surface area (Å²) >= 11 is 7.35. The highest BCUT2D eigenvalue weighted by atomic mass is 32.2. The highest BCUT2D eigenvalue weighted by molar-refractivity contribution is 7.99. The number of pyridine rings is 1. The summed E-state index contributed by atoms with van der Waals surface area (Å²) in [7, 11) is 1.35. The average Bonchev–Trinajstić information content (AvgIpc) is 3.66. The Morgan fingerprint density at radius 3 is 2.42 bits per heavy atom. The van der Waals surface area contributed by atoms with Crippen molar-refractivity contribution >= 4 is 46.4 Å². The van der Waals surface area contributed by atoms with Crippen molar-refractivity contribution in [3.63, 3.8) is 0 Å². The van der Waals surface area contributed by atoms with Crippen LogP contribution in [-0.2, 0) is 4.74 Å². The normalized spacial score (nSPS) is 16.1. The van der Waals surface area contributed by atoms with E-state index >= 15 is 0 Å². The smallest absolute Gasteiger partial charge is 0.337 e. The monoisotopic (exact) mass is 608 g/mol. The zero-order chi connectivity index (χ0) is 29.9. The van der Waals surface area contributed by atoms with Crippen LogP contribution in [0, 0.1) is 10.1 Å². The summed E-state index contributed by atoms with van der Waals surface area (Å²) < 4.78 is 11.3. The molecule has 0 aliphatic carbocycles. The SMILES string of the molecule is COC(=O)c1cccc(-c2ccc([C@@H]3[C@@H](c4ccccn4)NC(=S)N3c3ccc(Sc4ccc([N+](=O)[O-])cc4)cc3)o2)c1. The zero-order valence-electron chi connectivity index (χ0n) is 22.7. The van der Waals surface area contributed by atoms with E-state index in [0.717, 1.165) is 26.7 Å². The van der Waals surface area contributed by atoms with E-state index in [4.69, 9.17) is 21.4 Å². The summed E-state index contributed by atoms with van der Waals surface area (Å²) in [5.74, 6) is 0.856. The number of furan rings is 1. The number of aromatic nitrogens is 1. The van der Waals surface area contributed by atoms with Crippen LogP contribution in [0.2, 0.25) is 0 Å². The van der Waals surface area contributed by atoms with Crippen molar-refractivity contribution in [3.8, 4) is 11.3 Å². The van der Waals surface area contributed by atoms with E-state index in [1.54, 1.807) is 36.5 Å². The number of thiocarbonyl (C=S) groups is 1. The van der Waals surface area contributed by atoms with Crippen molar-refractivity contribution < 1.29 is 18.9 Å². The minimum absolute atomic E-state index is 0.0560.